The van der Waals surface area contributed by atoms with E-state index >= 15 is 0 Å². The van der Waals surface area contributed by atoms with E-state index in [1.807, 2.05) is 6.07 Å². The van der Waals surface area contributed by atoms with Crippen molar-refractivity contribution in [1.29, 1.82) is 0 Å². The summed E-state index contributed by atoms with van der Waals surface area (Å²) in [6.45, 7) is -0.0489. The Balaban J connectivity index is 1.95. The average molecular weight is 373 g/mol. The Morgan fingerprint density at radius 1 is 1.05 bits per heavy atom. The van der Waals surface area contributed by atoms with Crippen LogP contribution in [-0.2, 0) is 11.0 Å². The quantitative estimate of drug-likeness (QED) is 0.828. The molecule has 0 bridgehead atoms. The highest BCUT2D eigenvalue weighted by Crippen LogP contribution is 2.30. The first kappa shape index (κ1) is 16.4. The van der Waals surface area contributed by atoms with Crippen LogP contribution in [0.3, 0.4) is 0 Å². The number of amides is 1. The smallest absolute Gasteiger partial charge is 0.376 e. The molecule has 0 unspecified atom stereocenters. The molecule has 1 amide bonds. The summed E-state index contributed by atoms with van der Waals surface area (Å²) in [6, 6.07) is 11.7. The average Bonchev–Trinajstić information content (AvgIpc) is 2.45. The third-order valence-electron chi connectivity index (χ3n) is 2.75. The maximum atomic E-state index is 12.6. The summed E-state index contributed by atoms with van der Waals surface area (Å²) in [5.74, 6) is -0.431. The Morgan fingerprint density at radius 3 is 2.41 bits per heavy atom. The largest absolute Gasteiger partial charge is 0.416 e. The van der Waals surface area contributed by atoms with Crippen molar-refractivity contribution < 1.29 is 18.0 Å². The lowest BCUT2D eigenvalue weighted by atomic mass is 10.2. The second kappa shape index (κ2) is 6.83. The number of hydrogen-bond donors (Lipinski definition) is 2. The Bertz CT molecular complexity index is 674. The van der Waals surface area contributed by atoms with Crippen LogP contribution in [0.15, 0.2) is 53.0 Å². The molecule has 22 heavy (non-hydrogen) atoms. The van der Waals surface area contributed by atoms with Gasteiger partial charge in [0.1, 0.15) is 0 Å². The number of carbonyl (C=O) groups excluding carboxylic acids is 1. The minimum atomic E-state index is -4.44. The van der Waals surface area contributed by atoms with Gasteiger partial charge in [0.2, 0.25) is 5.91 Å². The van der Waals surface area contributed by atoms with Crippen molar-refractivity contribution in [1.82, 2.24) is 0 Å². The van der Waals surface area contributed by atoms with Crippen molar-refractivity contribution in [2.45, 2.75) is 6.18 Å². The van der Waals surface area contributed by atoms with Gasteiger partial charge < -0.3 is 10.6 Å². The van der Waals surface area contributed by atoms with Crippen molar-refractivity contribution in [3.05, 3.63) is 58.6 Å². The van der Waals surface area contributed by atoms with Gasteiger partial charge in [-0.15, -0.1) is 0 Å². The monoisotopic (exact) mass is 372 g/mol. The summed E-state index contributed by atoms with van der Waals surface area (Å²) in [7, 11) is 0. The van der Waals surface area contributed by atoms with Crippen LogP contribution in [-0.4, -0.2) is 12.5 Å². The Morgan fingerprint density at radius 2 is 1.73 bits per heavy atom. The van der Waals surface area contributed by atoms with Crippen LogP contribution in [0.25, 0.3) is 0 Å². The summed E-state index contributed by atoms with van der Waals surface area (Å²) >= 11 is 3.30. The second-order valence-corrected chi connectivity index (χ2v) is 5.41. The number of alkyl halides is 3. The van der Waals surface area contributed by atoms with E-state index in [-0.39, 0.29) is 12.2 Å². The highest BCUT2D eigenvalue weighted by molar-refractivity contribution is 9.10. The van der Waals surface area contributed by atoms with Crippen LogP contribution < -0.4 is 10.6 Å². The molecular weight excluding hydrogens is 361 g/mol. The van der Waals surface area contributed by atoms with Gasteiger partial charge in [0.25, 0.3) is 0 Å². The van der Waals surface area contributed by atoms with E-state index in [1.165, 1.54) is 12.1 Å². The van der Waals surface area contributed by atoms with Gasteiger partial charge in [0.15, 0.2) is 0 Å². The fourth-order valence-corrected chi connectivity index (χ4v) is 2.16. The first-order chi connectivity index (χ1) is 10.3. The highest BCUT2D eigenvalue weighted by atomic mass is 79.9. The zero-order valence-electron chi connectivity index (χ0n) is 11.2. The van der Waals surface area contributed by atoms with Crippen LogP contribution in [0, 0.1) is 0 Å². The van der Waals surface area contributed by atoms with Crippen LogP contribution in [0.1, 0.15) is 5.56 Å². The van der Waals surface area contributed by atoms with E-state index < -0.39 is 17.6 Å². The van der Waals surface area contributed by atoms with Gasteiger partial charge in [-0.1, -0.05) is 28.1 Å². The number of halogens is 4. The fourth-order valence-electron chi connectivity index (χ4n) is 1.76. The van der Waals surface area contributed by atoms with Crippen LogP contribution in [0.5, 0.6) is 0 Å². The van der Waals surface area contributed by atoms with E-state index in [1.54, 1.807) is 18.2 Å². The number of rotatable bonds is 4. The maximum absolute atomic E-state index is 12.6. The van der Waals surface area contributed by atoms with Crippen molar-refractivity contribution in [2.75, 3.05) is 17.2 Å². The summed E-state index contributed by atoms with van der Waals surface area (Å²) in [5, 5.41) is 5.31. The third kappa shape index (κ3) is 4.77. The molecule has 2 N–H and O–H groups in total. The van der Waals surface area contributed by atoms with E-state index in [4.69, 9.17) is 0 Å². The van der Waals surface area contributed by atoms with Gasteiger partial charge in [0, 0.05) is 15.8 Å². The van der Waals surface area contributed by atoms with Gasteiger partial charge in [-0.25, -0.2) is 0 Å². The molecule has 0 aliphatic heterocycles. The maximum Gasteiger partial charge on any atom is 0.416 e. The molecule has 0 aromatic heterocycles. The Hall–Kier alpha value is -2.02. The lowest BCUT2D eigenvalue weighted by molar-refractivity contribution is -0.137. The lowest BCUT2D eigenvalue weighted by Gasteiger charge is -2.11. The van der Waals surface area contributed by atoms with E-state index in [0.717, 1.165) is 22.3 Å². The van der Waals surface area contributed by atoms with Gasteiger partial charge in [0.05, 0.1) is 12.1 Å². The minimum Gasteiger partial charge on any atom is -0.376 e. The third-order valence-corrected chi connectivity index (χ3v) is 3.24. The normalized spacial score (nSPS) is 11.1. The van der Waals surface area contributed by atoms with Crippen LogP contribution >= 0.6 is 15.9 Å². The molecule has 0 fully saturated rings. The molecule has 0 atom stereocenters. The predicted octanol–water partition coefficient (Wildman–Crippen LogP) is 4.52. The topological polar surface area (TPSA) is 41.1 Å². The Kier molecular flexibility index (Phi) is 5.07. The number of carbonyl (C=O) groups is 1. The lowest BCUT2D eigenvalue weighted by Crippen LogP contribution is -2.22. The Labute approximate surface area is 133 Å². The van der Waals surface area contributed by atoms with E-state index in [9.17, 15) is 18.0 Å². The molecule has 2 aromatic carbocycles. The fraction of sp³-hybridized carbons (Fsp3) is 0.133. The molecule has 0 spiro atoms. The molecule has 0 aliphatic rings. The zero-order chi connectivity index (χ0) is 16.2. The SMILES string of the molecule is O=C(CNc1cccc(Br)c1)Nc1cccc(C(F)(F)F)c1. The van der Waals surface area contributed by atoms with Crippen molar-refractivity contribution in [3.63, 3.8) is 0 Å². The van der Waals surface area contributed by atoms with E-state index in [0.29, 0.717) is 0 Å². The zero-order valence-corrected chi connectivity index (χ0v) is 12.8. The summed E-state index contributed by atoms with van der Waals surface area (Å²) in [5.41, 5.74) is 0.0367. The number of anilines is 2. The molecule has 116 valence electrons. The molecule has 0 heterocycles. The minimum absolute atomic E-state index is 0.0489. The van der Waals surface area contributed by atoms with Gasteiger partial charge in [-0.2, -0.15) is 13.2 Å². The summed E-state index contributed by atoms with van der Waals surface area (Å²) in [4.78, 5) is 11.8. The van der Waals surface area contributed by atoms with Gasteiger partial charge >= 0.3 is 6.18 Å². The molecule has 3 nitrogen and oxygen atoms in total. The number of hydrogen-bond acceptors (Lipinski definition) is 2. The molecule has 2 aromatic rings. The first-order valence-electron chi connectivity index (χ1n) is 6.31. The molecule has 0 saturated heterocycles. The molecule has 7 heteroatoms. The molecule has 0 aliphatic carbocycles. The first-order valence-corrected chi connectivity index (χ1v) is 7.10. The van der Waals surface area contributed by atoms with Crippen molar-refractivity contribution in [2.24, 2.45) is 0 Å². The second-order valence-electron chi connectivity index (χ2n) is 4.49. The van der Waals surface area contributed by atoms with Crippen molar-refractivity contribution >= 4 is 33.2 Å². The standard InChI is InChI=1S/C15H12BrF3N2O/c16-11-4-2-5-12(8-11)20-9-14(22)21-13-6-1-3-10(7-13)15(17,18)19/h1-8,20H,9H2,(H,21,22). The number of benzene rings is 2. The molecule has 0 radical (unpaired) electrons. The van der Waals surface area contributed by atoms with E-state index in [2.05, 4.69) is 26.6 Å². The van der Waals surface area contributed by atoms with Gasteiger partial charge in [-0.3, -0.25) is 4.79 Å². The number of nitrogens with one attached hydrogen (secondary N) is 2. The summed E-state index contributed by atoms with van der Waals surface area (Å²) in [6.07, 6.45) is -4.44. The molecular formula is C15H12BrF3N2O. The highest BCUT2D eigenvalue weighted by Gasteiger charge is 2.30. The predicted molar refractivity (Wildman–Crippen MR) is 82.7 cm³/mol. The molecule has 0 saturated carbocycles. The van der Waals surface area contributed by atoms with Crippen molar-refractivity contribution in [3.8, 4) is 0 Å². The molecule has 2 rings (SSSR count). The summed E-state index contributed by atoms with van der Waals surface area (Å²) < 4.78 is 38.6. The van der Waals surface area contributed by atoms with Crippen LogP contribution in [0.4, 0.5) is 24.5 Å². The van der Waals surface area contributed by atoms with Crippen LogP contribution in [0.2, 0.25) is 0 Å². The van der Waals surface area contributed by atoms with Gasteiger partial charge in [-0.05, 0) is 36.4 Å².